The van der Waals surface area contributed by atoms with Gasteiger partial charge in [-0.2, -0.15) is 0 Å². The Bertz CT molecular complexity index is 698. The molecule has 0 aliphatic rings. The molecule has 0 unspecified atom stereocenters. The van der Waals surface area contributed by atoms with E-state index in [0.717, 1.165) is 0 Å². The van der Waals surface area contributed by atoms with Gasteiger partial charge in [0.25, 0.3) is 0 Å². The molecule has 2 nitrogen and oxygen atoms in total. The minimum atomic E-state index is -0.315. The van der Waals surface area contributed by atoms with Gasteiger partial charge < -0.3 is 10.6 Å². The van der Waals surface area contributed by atoms with Crippen molar-refractivity contribution in [2.75, 3.05) is 5.32 Å². The van der Waals surface area contributed by atoms with E-state index in [1.54, 1.807) is 18.2 Å². The predicted molar refractivity (Wildman–Crippen MR) is 99.3 cm³/mol. The zero-order chi connectivity index (χ0) is 17.0. The molecule has 122 valence electrons. The highest BCUT2D eigenvalue weighted by molar-refractivity contribution is 7.80. The van der Waals surface area contributed by atoms with Crippen molar-refractivity contribution in [1.82, 2.24) is 5.32 Å². The zero-order valence-electron chi connectivity index (χ0n) is 14.0. The lowest BCUT2D eigenvalue weighted by atomic mass is 9.92. The average molecular weight is 330 g/mol. The number of aryl methyl sites for hydroxylation is 2. The molecule has 0 aliphatic carbocycles. The van der Waals surface area contributed by atoms with Crippen molar-refractivity contribution in [3.05, 3.63) is 65.0 Å². The summed E-state index contributed by atoms with van der Waals surface area (Å²) < 4.78 is 13.7. The maximum Gasteiger partial charge on any atom is 0.171 e. The van der Waals surface area contributed by atoms with Crippen molar-refractivity contribution in [3.8, 4) is 0 Å². The molecule has 0 aromatic heterocycles. The normalized spacial score (nSPS) is 12.1. The van der Waals surface area contributed by atoms with Gasteiger partial charge in [0.2, 0.25) is 0 Å². The lowest BCUT2D eigenvalue weighted by Gasteiger charge is -2.26. The van der Waals surface area contributed by atoms with Crippen LogP contribution < -0.4 is 10.6 Å². The van der Waals surface area contributed by atoms with E-state index in [2.05, 4.69) is 56.5 Å². The first-order valence-corrected chi connectivity index (χ1v) is 8.18. The molecule has 0 radical (unpaired) electrons. The highest BCUT2D eigenvalue weighted by Crippen LogP contribution is 2.26. The molecule has 0 saturated heterocycles. The number of halogens is 1. The highest BCUT2D eigenvalue weighted by atomic mass is 32.1. The summed E-state index contributed by atoms with van der Waals surface area (Å²) in [7, 11) is 0. The standard InChI is InChI=1S/C19H23FN2S/c1-12(2)18(15-10-9-13(3)11-14(15)4)22-19(23)21-17-8-6-5-7-16(17)20/h5-12,18H,1-4H3,(H2,21,22,23)/t18-/m0/s1. The third-order valence-corrected chi connectivity index (χ3v) is 4.06. The first-order valence-electron chi connectivity index (χ1n) is 7.77. The van der Waals surface area contributed by atoms with E-state index in [1.165, 1.54) is 22.8 Å². The summed E-state index contributed by atoms with van der Waals surface area (Å²) >= 11 is 5.37. The molecule has 0 amide bonds. The molecule has 2 N–H and O–H groups in total. The molecule has 2 rings (SSSR count). The lowest BCUT2D eigenvalue weighted by Crippen LogP contribution is -2.35. The largest absolute Gasteiger partial charge is 0.355 e. The minimum absolute atomic E-state index is 0.0716. The summed E-state index contributed by atoms with van der Waals surface area (Å²) in [5.41, 5.74) is 4.06. The molecular formula is C19H23FN2S. The highest BCUT2D eigenvalue weighted by Gasteiger charge is 2.19. The minimum Gasteiger partial charge on any atom is -0.355 e. The van der Waals surface area contributed by atoms with Gasteiger partial charge in [-0.25, -0.2) is 4.39 Å². The SMILES string of the molecule is Cc1ccc([C@@H](NC(=S)Nc2ccccc2F)C(C)C)c(C)c1. The van der Waals surface area contributed by atoms with Crippen LogP contribution in [0.4, 0.5) is 10.1 Å². The van der Waals surface area contributed by atoms with Crippen molar-refractivity contribution in [2.45, 2.75) is 33.7 Å². The zero-order valence-corrected chi connectivity index (χ0v) is 14.8. The smallest absolute Gasteiger partial charge is 0.171 e. The van der Waals surface area contributed by atoms with Gasteiger partial charge in [-0.1, -0.05) is 49.7 Å². The van der Waals surface area contributed by atoms with Crippen LogP contribution in [0.25, 0.3) is 0 Å². The van der Waals surface area contributed by atoms with Crippen LogP contribution in [0.15, 0.2) is 42.5 Å². The summed E-state index contributed by atoms with van der Waals surface area (Å²) in [6, 6.07) is 13.0. The summed E-state index contributed by atoms with van der Waals surface area (Å²) in [5, 5.41) is 6.69. The summed E-state index contributed by atoms with van der Waals surface area (Å²) in [6.07, 6.45) is 0. The fourth-order valence-corrected chi connectivity index (χ4v) is 2.88. The number of thiocarbonyl (C=S) groups is 1. The second kappa shape index (κ2) is 7.55. The van der Waals surface area contributed by atoms with E-state index in [9.17, 15) is 4.39 Å². The quantitative estimate of drug-likeness (QED) is 0.760. The Hall–Kier alpha value is -1.94. The van der Waals surface area contributed by atoms with Crippen molar-refractivity contribution in [1.29, 1.82) is 0 Å². The van der Waals surface area contributed by atoms with E-state index in [-0.39, 0.29) is 11.9 Å². The number of rotatable bonds is 4. The third-order valence-electron chi connectivity index (χ3n) is 3.84. The maximum atomic E-state index is 13.7. The number of para-hydroxylation sites is 1. The van der Waals surface area contributed by atoms with Crippen LogP contribution in [0.5, 0.6) is 0 Å². The second-order valence-corrected chi connectivity index (χ2v) is 6.57. The second-order valence-electron chi connectivity index (χ2n) is 6.16. The van der Waals surface area contributed by atoms with E-state index >= 15 is 0 Å². The lowest BCUT2D eigenvalue weighted by molar-refractivity contribution is 0.471. The molecule has 4 heteroatoms. The molecule has 0 aliphatic heterocycles. The topological polar surface area (TPSA) is 24.1 Å². The van der Waals surface area contributed by atoms with Gasteiger partial charge in [-0.05, 0) is 55.2 Å². The summed E-state index contributed by atoms with van der Waals surface area (Å²) in [4.78, 5) is 0. The van der Waals surface area contributed by atoms with Gasteiger partial charge in [0.1, 0.15) is 5.82 Å². The molecule has 0 fully saturated rings. The summed E-state index contributed by atoms with van der Waals surface area (Å²) in [6.45, 7) is 8.47. The predicted octanol–water partition coefficient (Wildman–Crippen LogP) is 5.13. The molecule has 2 aromatic carbocycles. The Labute approximate surface area is 143 Å². The maximum absolute atomic E-state index is 13.7. The van der Waals surface area contributed by atoms with E-state index in [0.29, 0.717) is 16.7 Å². The van der Waals surface area contributed by atoms with Crippen LogP contribution >= 0.6 is 12.2 Å². The van der Waals surface area contributed by atoms with E-state index in [1.807, 2.05) is 0 Å². The number of hydrogen-bond acceptors (Lipinski definition) is 1. The van der Waals surface area contributed by atoms with Crippen LogP contribution in [-0.2, 0) is 0 Å². The van der Waals surface area contributed by atoms with Crippen molar-refractivity contribution < 1.29 is 4.39 Å². The first-order chi connectivity index (χ1) is 10.9. The Morgan fingerprint density at radius 3 is 2.39 bits per heavy atom. The summed E-state index contributed by atoms with van der Waals surface area (Å²) in [5.74, 6) is 0.0287. The van der Waals surface area contributed by atoms with E-state index in [4.69, 9.17) is 12.2 Å². The Morgan fingerprint density at radius 1 is 1.09 bits per heavy atom. The Morgan fingerprint density at radius 2 is 1.78 bits per heavy atom. The number of benzene rings is 2. The fraction of sp³-hybridized carbons (Fsp3) is 0.316. The molecule has 0 bridgehead atoms. The average Bonchev–Trinajstić information content (AvgIpc) is 2.48. The van der Waals surface area contributed by atoms with Crippen molar-refractivity contribution in [3.63, 3.8) is 0 Å². The van der Waals surface area contributed by atoms with Gasteiger partial charge in [0.05, 0.1) is 11.7 Å². The van der Waals surface area contributed by atoms with Gasteiger partial charge >= 0.3 is 0 Å². The molecule has 0 spiro atoms. The monoisotopic (exact) mass is 330 g/mol. The molecule has 0 heterocycles. The Kier molecular flexibility index (Phi) is 5.72. The van der Waals surface area contributed by atoms with Gasteiger partial charge in [0, 0.05) is 0 Å². The van der Waals surface area contributed by atoms with Crippen LogP contribution in [-0.4, -0.2) is 5.11 Å². The van der Waals surface area contributed by atoms with Gasteiger partial charge in [0.15, 0.2) is 5.11 Å². The number of nitrogens with one attached hydrogen (secondary N) is 2. The van der Waals surface area contributed by atoms with Crippen molar-refractivity contribution >= 4 is 23.0 Å². The van der Waals surface area contributed by atoms with Crippen LogP contribution in [0.2, 0.25) is 0 Å². The third kappa shape index (κ3) is 4.52. The van der Waals surface area contributed by atoms with Crippen LogP contribution in [0.3, 0.4) is 0 Å². The number of hydrogen-bond donors (Lipinski definition) is 2. The molecular weight excluding hydrogens is 307 g/mol. The molecule has 2 aromatic rings. The fourth-order valence-electron chi connectivity index (χ4n) is 2.64. The first kappa shape index (κ1) is 17.4. The molecule has 1 atom stereocenters. The van der Waals surface area contributed by atoms with E-state index < -0.39 is 0 Å². The van der Waals surface area contributed by atoms with Crippen LogP contribution in [0, 0.1) is 25.6 Å². The molecule has 23 heavy (non-hydrogen) atoms. The van der Waals surface area contributed by atoms with Crippen LogP contribution in [0.1, 0.15) is 36.6 Å². The Balaban J connectivity index is 2.16. The van der Waals surface area contributed by atoms with Gasteiger partial charge in [-0.3, -0.25) is 0 Å². The molecule has 0 saturated carbocycles. The van der Waals surface area contributed by atoms with Gasteiger partial charge in [-0.15, -0.1) is 0 Å². The van der Waals surface area contributed by atoms with Crippen molar-refractivity contribution in [2.24, 2.45) is 5.92 Å². The number of anilines is 1.